The Morgan fingerprint density at radius 2 is 1.78 bits per heavy atom. The number of hydrogen-bond acceptors (Lipinski definition) is 5. The van der Waals surface area contributed by atoms with Gasteiger partial charge in [-0.2, -0.15) is 0 Å². The first kappa shape index (κ1) is 15.1. The van der Waals surface area contributed by atoms with E-state index < -0.39 is 0 Å². The van der Waals surface area contributed by atoms with Gasteiger partial charge < -0.3 is 14.8 Å². The highest BCUT2D eigenvalue weighted by Gasteiger charge is 2.07. The Bertz CT molecular complexity index is 834. The minimum absolute atomic E-state index is 0.639. The van der Waals surface area contributed by atoms with E-state index in [1.165, 1.54) is 5.56 Å². The molecule has 1 N–H and O–H groups in total. The van der Waals surface area contributed by atoms with Crippen molar-refractivity contribution in [2.45, 2.75) is 13.5 Å². The summed E-state index contributed by atoms with van der Waals surface area (Å²) in [6.07, 6.45) is 1.58. The van der Waals surface area contributed by atoms with Crippen molar-refractivity contribution in [3.63, 3.8) is 0 Å². The van der Waals surface area contributed by atoms with Crippen LogP contribution in [0.15, 0.2) is 42.7 Å². The molecular weight excluding hydrogens is 290 g/mol. The van der Waals surface area contributed by atoms with Crippen molar-refractivity contribution in [3.8, 4) is 11.5 Å². The molecular formula is C18H19N3O2. The third-order valence-corrected chi connectivity index (χ3v) is 3.70. The highest BCUT2D eigenvalue weighted by Crippen LogP contribution is 2.28. The summed E-state index contributed by atoms with van der Waals surface area (Å²) >= 11 is 0. The smallest absolute Gasteiger partial charge is 0.161 e. The van der Waals surface area contributed by atoms with Gasteiger partial charge in [-0.25, -0.2) is 9.97 Å². The number of nitrogens with zero attached hydrogens (tertiary/aromatic N) is 2. The highest BCUT2D eigenvalue weighted by molar-refractivity contribution is 5.89. The molecule has 5 heteroatoms. The molecule has 0 radical (unpaired) electrons. The van der Waals surface area contributed by atoms with Gasteiger partial charge in [0.25, 0.3) is 0 Å². The van der Waals surface area contributed by atoms with E-state index in [-0.39, 0.29) is 0 Å². The van der Waals surface area contributed by atoms with Crippen molar-refractivity contribution in [1.82, 2.24) is 9.97 Å². The van der Waals surface area contributed by atoms with Crippen LogP contribution in [0.4, 0.5) is 5.82 Å². The average Bonchev–Trinajstić information content (AvgIpc) is 2.59. The van der Waals surface area contributed by atoms with Crippen LogP contribution < -0.4 is 14.8 Å². The van der Waals surface area contributed by atoms with Crippen molar-refractivity contribution >= 4 is 16.7 Å². The van der Waals surface area contributed by atoms with E-state index in [9.17, 15) is 0 Å². The molecule has 0 saturated heterocycles. The predicted molar refractivity (Wildman–Crippen MR) is 91.1 cm³/mol. The maximum Gasteiger partial charge on any atom is 0.161 e. The molecule has 0 spiro atoms. The standard InChI is InChI=1S/C18H19N3O2/c1-12-4-6-15-14(8-12)18(21-11-20-15)19-10-13-5-7-16(22-2)17(9-13)23-3/h4-9,11H,10H2,1-3H3,(H,19,20,21). The fourth-order valence-electron chi connectivity index (χ4n) is 2.49. The van der Waals surface area contributed by atoms with E-state index in [4.69, 9.17) is 9.47 Å². The second kappa shape index (κ2) is 6.52. The van der Waals surface area contributed by atoms with Gasteiger partial charge in [-0.05, 0) is 36.8 Å². The molecule has 0 fully saturated rings. The second-order valence-corrected chi connectivity index (χ2v) is 5.29. The number of methoxy groups -OCH3 is 2. The molecule has 1 aromatic heterocycles. The third-order valence-electron chi connectivity index (χ3n) is 3.70. The summed E-state index contributed by atoms with van der Waals surface area (Å²) < 4.78 is 10.6. The Morgan fingerprint density at radius 1 is 0.957 bits per heavy atom. The van der Waals surface area contributed by atoms with Crippen LogP contribution in [0.1, 0.15) is 11.1 Å². The zero-order chi connectivity index (χ0) is 16.2. The number of aromatic nitrogens is 2. The molecule has 3 aromatic rings. The number of anilines is 1. The van der Waals surface area contributed by atoms with E-state index in [0.717, 1.165) is 33.8 Å². The van der Waals surface area contributed by atoms with E-state index in [1.807, 2.05) is 30.3 Å². The van der Waals surface area contributed by atoms with Gasteiger partial charge in [-0.15, -0.1) is 0 Å². The zero-order valence-corrected chi connectivity index (χ0v) is 13.5. The lowest BCUT2D eigenvalue weighted by atomic mass is 10.1. The SMILES string of the molecule is COc1ccc(CNc2ncnc3ccc(C)cc23)cc1OC. The molecule has 0 aliphatic carbocycles. The maximum absolute atomic E-state index is 5.34. The van der Waals surface area contributed by atoms with Crippen LogP contribution in [0.2, 0.25) is 0 Å². The molecule has 0 saturated carbocycles. The monoisotopic (exact) mass is 309 g/mol. The van der Waals surface area contributed by atoms with Crippen LogP contribution in [0.3, 0.4) is 0 Å². The quantitative estimate of drug-likeness (QED) is 0.781. The van der Waals surface area contributed by atoms with Gasteiger partial charge in [-0.1, -0.05) is 17.7 Å². The van der Waals surface area contributed by atoms with Gasteiger partial charge in [0.15, 0.2) is 11.5 Å². The summed E-state index contributed by atoms with van der Waals surface area (Å²) in [4.78, 5) is 8.66. The Balaban J connectivity index is 1.85. The summed E-state index contributed by atoms with van der Waals surface area (Å²) in [5.74, 6) is 2.27. The molecule has 0 amide bonds. The van der Waals surface area contributed by atoms with Crippen LogP contribution in [0.25, 0.3) is 10.9 Å². The molecule has 118 valence electrons. The molecule has 23 heavy (non-hydrogen) atoms. The lowest BCUT2D eigenvalue weighted by Crippen LogP contribution is -2.03. The number of ether oxygens (including phenoxy) is 2. The van der Waals surface area contributed by atoms with E-state index in [0.29, 0.717) is 6.54 Å². The van der Waals surface area contributed by atoms with E-state index in [1.54, 1.807) is 20.5 Å². The van der Waals surface area contributed by atoms with Crippen molar-refractivity contribution in [2.75, 3.05) is 19.5 Å². The fraction of sp³-hybridized carbons (Fsp3) is 0.222. The van der Waals surface area contributed by atoms with Crippen molar-refractivity contribution < 1.29 is 9.47 Å². The Morgan fingerprint density at radius 3 is 2.57 bits per heavy atom. The third kappa shape index (κ3) is 3.18. The minimum Gasteiger partial charge on any atom is -0.493 e. The first-order chi connectivity index (χ1) is 11.2. The fourth-order valence-corrected chi connectivity index (χ4v) is 2.49. The summed E-state index contributed by atoms with van der Waals surface area (Å²) in [5, 5.41) is 4.39. The second-order valence-electron chi connectivity index (χ2n) is 5.29. The Kier molecular flexibility index (Phi) is 4.28. The van der Waals surface area contributed by atoms with E-state index >= 15 is 0 Å². The molecule has 0 atom stereocenters. The molecule has 2 aromatic carbocycles. The molecule has 0 aliphatic rings. The van der Waals surface area contributed by atoms with Crippen LogP contribution in [-0.2, 0) is 6.54 Å². The first-order valence-electron chi connectivity index (χ1n) is 7.37. The summed E-state index contributed by atoms with van der Waals surface area (Å²) in [6.45, 7) is 2.70. The van der Waals surface area contributed by atoms with E-state index in [2.05, 4.69) is 28.3 Å². The Hall–Kier alpha value is -2.82. The van der Waals surface area contributed by atoms with Crippen molar-refractivity contribution in [1.29, 1.82) is 0 Å². The van der Waals surface area contributed by atoms with Gasteiger partial charge in [0.1, 0.15) is 12.1 Å². The van der Waals surface area contributed by atoms with Crippen LogP contribution in [-0.4, -0.2) is 24.2 Å². The number of rotatable bonds is 5. The number of hydrogen-bond donors (Lipinski definition) is 1. The van der Waals surface area contributed by atoms with Crippen LogP contribution in [0, 0.1) is 6.92 Å². The number of fused-ring (bicyclic) bond motifs is 1. The number of aryl methyl sites for hydroxylation is 1. The summed E-state index contributed by atoms with van der Waals surface area (Å²) in [5.41, 5.74) is 3.20. The molecule has 0 unspecified atom stereocenters. The number of nitrogens with one attached hydrogen (secondary N) is 1. The van der Waals surface area contributed by atoms with Gasteiger partial charge >= 0.3 is 0 Å². The average molecular weight is 309 g/mol. The number of benzene rings is 2. The Labute approximate surface area is 135 Å². The predicted octanol–water partition coefficient (Wildman–Crippen LogP) is 3.57. The van der Waals surface area contributed by atoms with Crippen LogP contribution >= 0.6 is 0 Å². The van der Waals surface area contributed by atoms with Crippen LogP contribution in [0.5, 0.6) is 11.5 Å². The maximum atomic E-state index is 5.34. The summed E-state index contributed by atoms with van der Waals surface area (Å²) in [6, 6.07) is 12.0. The van der Waals surface area contributed by atoms with Crippen molar-refractivity contribution in [2.24, 2.45) is 0 Å². The molecule has 5 nitrogen and oxygen atoms in total. The minimum atomic E-state index is 0.639. The molecule has 1 heterocycles. The van der Waals surface area contributed by atoms with Gasteiger partial charge in [0, 0.05) is 11.9 Å². The first-order valence-corrected chi connectivity index (χ1v) is 7.37. The van der Waals surface area contributed by atoms with Crippen molar-refractivity contribution in [3.05, 3.63) is 53.9 Å². The molecule has 0 bridgehead atoms. The molecule has 0 aliphatic heterocycles. The van der Waals surface area contributed by atoms with Gasteiger partial charge in [0.2, 0.25) is 0 Å². The van der Waals surface area contributed by atoms with Gasteiger partial charge in [0.05, 0.1) is 19.7 Å². The molecule has 3 rings (SSSR count). The lowest BCUT2D eigenvalue weighted by Gasteiger charge is -2.11. The van der Waals surface area contributed by atoms with Gasteiger partial charge in [-0.3, -0.25) is 0 Å². The topological polar surface area (TPSA) is 56.3 Å². The highest BCUT2D eigenvalue weighted by atomic mass is 16.5. The lowest BCUT2D eigenvalue weighted by molar-refractivity contribution is 0.354. The normalized spacial score (nSPS) is 10.6. The zero-order valence-electron chi connectivity index (χ0n) is 13.5. The summed E-state index contributed by atoms with van der Waals surface area (Å²) in [7, 11) is 3.26. The largest absolute Gasteiger partial charge is 0.493 e.